The van der Waals surface area contributed by atoms with Crippen LogP contribution in [-0.2, 0) is 14.4 Å². The minimum atomic E-state index is -2.40. The van der Waals surface area contributed by atoms with Crippen molar-refractivity contribution in [2.45, 2.75) is 45.3 Å². The van der Waals surface area contributed by atoms with E-state index in [9.17, 15) is 23.6 Å². The van der Waals surface area contributed by atoms with Crippen molar-refractivity contribution >= 4 is 35.2 Å². The summed E-state index contributed by atoms with van der Waals surface area (Å²) in [4.78, 5) is 49.1. The first-order chi connectivity index (χ1) is 14.1. The Hall–Kier alpha value is -2.69. The van der Waals surface area contributed by atoms with Gasteiger partial charge in [-0.25, -0.2) is 9.40 Å². The summed E-state index contributed by atoms with van der Waals surface area (Å²) in [7, 11) is 0. The third-order valence-corrected chi connectivity index (χ3v) is 4.64. The van der Waals surface area contributed by atoms with Crippen LogP contribution in [-0.4, -0.2) is 58.6 Å². The van der Waals surface area contributed by atoms with E-state index >= 15 is 0 Å². The van der Waals surface area contributed by atoms with Crippen molar-refractivity contribution in [2.24, 2.45) is 11.8 Å². The summed E-state index contributed by atoms with van der Waals surface area (Å²) in [6.45, 7) is 5.48. The smallest absolute Gasteiger partial charge is 0.291 e. The third kappa shape index (κ3) is 6.41. The van der Waals surface area contributed by atoms with Gasteiger partial charge in [0, 0.05) is 12.6 Å². The van der Waals surface area contributed by atoms with Crippen LogP contribution in [0.3, 0.4) is 0 Å². The zero-order valence-corrected chi connectivity index (χ0v) is 17.7. The molecule has 1 aromatic rings. The molecule has 2 unspecified atom stereocenters. The SMILES string of the molecule is Cc1cc(C(=O)NC(CC(C)C)C(=O)NN(C[C@H]2CCNC2=O)C(=O)C(F)Cl)no1. The zero-order valence-electron chi connectivity index (χ0n) is 16.9. The van der Waals surface area contributed by atoms with Gasteiger partial charge in [-0.2, -0.15) is 0 Å². The molecule has 2 heterocycles. The second kappa shape index (κ2) is 10.4. The highest BCUT2D eigenvalue weighted by atomic mass is 35.5. The summed E-state index contributed by atoms with van der Waals surface area (Å²) in [5.41, 5.74) is -0.108. The average molecular weight is 446 g/mol. The van der Waals surface area contributed by atoms with Gasteiger partial charge in [0.15, 0.2) is 5.69 Å². The first kappa shape index (κ1) is 23.6. The molecule has 0 spiro atoms. The Morgan fingerprint density at radius 1 is 1.43 bits per heavy atom. The van der Waals surface area contributed by atoms with Crippen LogP contribution >= 0.6 is 11.6 Å². The van der Waals surface area contributed by atoms with Gasteiger partial charge in [0.05, 0.1) is 12.5 Å². The molecular formula is C18H25ClFN5O5. The fraction of sp³-hybridized carbons (Fsp3) is 0.611. The van der Waals surface area contributed by atoms with Crippen LogP contribution in [0.15, 0.2) is 10.6 Å². The molecule has 0 aromatic carbocycles. The van der Waals surface area contributed by atoms with E-state index < -0.39 is 35.3 Å². The highest BCUT2D eigenvalue weighted by molar-refractivity contribution is 6.29. The van der Waals surface area contributed by atoms with Crippen LogP contribution in [0.25, 0.3) is 0 Å². The molecule has 3 N–H and O–H groups in total. The summed E-state index contributed by atoms with van der Waals surface area (Å²) in [5, 5.41) is 9.43. The summed E-state index contributed by atoms with van der Waals surface area (Å²) in [6.07, 6.45) is 0.662. The Labute approximate surface area is 177 Å². The number of amides is 4. The van der Waals surface area contributed by atoms with Crippen molar-refractivity contribution in [2.75, 3.05) is 13.1 Å². The van der Waals surface area contributed by atoms with E-state index in [2.05, 4.69) is 21.2 Å². The van der Waals surface area contributed by atoms with E-state index in [1.165, 1.54) is 6.07 Å². The van der Waals surface area contributed by atoms with Crippen molar-refractivity contribution in [3.63, 3.8) is 0 Å². The molecule has 1 fully saturated rings. The number of carbonyl (C=O) groups excluding carboxylic acids is 4. The van der Waals surface area contributed by atoms with E-state index in [1.54, 1.807) is 6.92 Å². The molecule has 1 aromatic heterocycles. The Morgan fingerprint density at radius 2 is 2.13 bits per heavy atom. The van der Waals surface area contributed by atoms with Crippen molar-refractivity contribution in [3.8, 4) is 0 Å². The van der Waals surface area contributed by atoms with Crippen LogP contribution in [0.1, 0.15) is 42.9 Å². The standard InChI is InChI=1S/C18H25ClFN5O5/c1-9(2)6-12(22-16(27)13-7-10(3)30-24-13)17(28)23-25(18(29)14(19)20)8-11-4-5-21-15(11)26/h7,9,11-12,14H,4-6,8H2,1-3H3,(H,21,26)(H,22,27)(H,23,28)/t11-,12?,14?/m1/s1. The van der Waals surface area contributed by atoms with Crippen molar-refractivity contribution < 1.29 is 28.1 Å². The van der Waals surface area contributed by atoms with Crippen molar-refractivity contribution in [3.05, 3.63) is 17.5 Å². The number of carbonyl (C=O) groups is 4. The first-order valence-electron chi connectivity index (χ1n) is 9.50. The highest BCUT2D eigenvalue weighted by Crippen LogP contribution is 2.14. The maximum Gasteiger partial charge on any atom is 0.291 e. The van der Waals surface area contributed by atoms with Gasteiger partial charge in [0.2, 0.25) is 5.91 Å². The maximum atomic E-state index is 13.4. The molecule has 1 aliphatic rings. The quantitative estimate of drug-likeness (QED) is 0.397. The third-order valence-electron chi connectivity index (χ3n) is 4.45. The van der Waals surface area contributed by atoms with Crippen LogP contribution < -0.4 is 16.1 Å². The Balaban J connectivity index is 2.13. The highest BCUT2D eigenvalue weighted by Gasteiger charge is 2.33. The number of hydrogen-bond acceptors (Lipinski definition) is 6. The number of hydrogen-bond donors (Lipinski definition) is 3. The molecule has 12 heteroatoms. The number of rotatable bonds is 8. The first-order valence-corrected chi connectivity index (χ1v) is 9.94. The summed E-state index contributed by atoms with van der Waals surface area (Å²) >= 11 is 5.26. The van der Waals surface area contributed by atoms with Gasteiger partial charge in [-0.05, 0) is 25.7 Å². The number of halogens is 2. The lowest BCUT2D eigenvalue weighted by Gasteiger charge is -2.28. The van der Waals surface area contributed by atoms with Gasteiger partial charge in [0.25, 0.3) is 23.4 Å². The monoisotopic (exact) mass is 445 g/mol. The van der Waals surface area contributed by atoms with E-state index in [1.807, 2.05) is 13.8 Å². The molecule has 166 valence electrons. The van der Waals surface area contributed by atoms with Gasteiger partial charge in [-0.3, -0.25) is 24.6 Å². The van der Waals surface area contributed by atoms with Gasteiger partial charge in [-0.1, -0.05) is 30.6 Å². The molecule has 4 amide bonds. The molecule has 2 rings (SSSR count). The van der Waals surface area contributed by atoms with Gasteiger partial charge in [-0.15, -0.1) is 0 Å². The Morgan fingerprint density at radius 3 is 2.63 bits per heavy atom. The molecular weight excluding hydrogens is 421 g/mol. The Bertz CT molecular complexity index is 800. The molecule has 3 atom stereocenters. The van der Waals surface area contributed by atoms with Gasteiger partial charge < -0.3 is 15.2 Å². The minimum Gasteiger partial charge on any atom is -0.361 e. The van der Waals surface area contributed by atoms with Crippen LogP contribution in [0.5, 0.6) is 0 Å². The lowest BCUT2D eigenvalue weighted by atomic mass is 10.0. The Kier molecular flexibility index (Phi) is 8.16. The van der Waals surface area contributed by atoms with Crippen LogP contribution in [0, 0.1) is 18.8 Å². The predicted molar refractivity (Wildman–Crippen MR) is 104 cm³/mol. The second-order valence-corrected chi connectivity index (χ2v) is 7.86. The van der Waals surface area contributed by atoms with E-state index in [0.717, 1.165) is 0 Å². The second-order valence-electron chi connectivity index (χ2n) is 7.48. The molecule has 1 saturated heterocycles. The molecule has 0 bridgehead atoms. The number of hydrazine groups is 1. The zero-order chi connectivity index (χ0) is 22.4. The number of alkyl halides is 2. The van der Waals surface area contributed by atoms with Crippen molar-refractivity contribution in [1.82, 2.24) is 26.2 Å². The molecule has 10 nitrogen and oxygen atoms in total. The fourth-order valence-corrected chi connectivity index (χ4v) is 3.09. The van der Waals surface area contributed by atoms with Gasteiger partial charge >= 0.3 is 0 Å². The van der Waals surface area contributed by atoms with E-state index in [4.69, 9.17) is 16.1 Å². The van der Waals surface area contributed by atoms with E-state index in [0.29, 0.717) is 23.7 Å². The molecule has 0 saturated carbocycles. The predicted octanol–water partition coefficient (Wildman–Crippen LogP) is 0.658. The van der Waals surface area contributed by atoms with E-state index in [-0.39, 0.29) is 30.5 Å². The minimum absolute atomic E-state index is 0.00537. The molecule has 0 radical (unpaired) electrons. The maximum absolute atomic E-state index is 13.4. The number of aromatic nitrogens is 1. The van der Waals surface area contributed by atoms with Crippen molar-refractivity contribution in [1.29, 1.82) is 0 Å². The number of nitrogens with zero attached hydrogens (tertiary/aromatic N) is 2. The lowest BCUT2D eigenvalue weighted by Crippen LogP contribution is -2.57. The molecule has 30 heavy (non-hydrogen) atoms. The lowest BCUT2D eigenvalue weighted by molar-refractivity contribution is -0.145. The van der Waals surface area contributed by atoms with Gasteiger partial charge in [0.1, 0.15) is 11.8 Å². The average Bonchev–Trinajstić information content (AvgIpc) is 3.27. The van der Waals surface area contributed by atoms with Crippen LogP contribution in [0.4, 0.5) is 4.39 Å². The molecule has 1 aliphatic heterocycles. The largest absolute Gasteiger partial charge is 0.361 e. The van der Waals surface area contributed by atoms with Crippen LogP contribution in [0.2, 0.25) is 0 Å². The number of nitrogens with one attached hydrogen (secondary N) is 3. The summed E-state index contributed by atoms with van der Waals surface area (Å²) in [6, 6.07) is 0.366. The normalized spacial score (nSPS) is 17.9. The summed E-state index contributed by atoms with van der Waals surface area (Å²) in [5.74, 6) is -3.07. The topological polar surface area (TPSA) is 134 Å². The fourth-order valence-electron chi connectivity index (χ4n) is 2.97. The summed E-state index contributed by atoms with van der Waals surface area (Å²) < 4.78 is 18.3. The number of aryl methyl sites for hydroxylation is 1. The molecule has 0 aliphatic carbocycles.